The number of hydrogen-bond acceptors (Lipinski definition) is 7. The van der Waals surface area contributed by atoms with E-state index < -0.39 is 5.97 Å². The molecule has 0 saturated heterocycles. The molecule has 3 aromatic rings. The fraction of sp³-hybridized carbons (Fsp3) is 0.417. The van der Waals surface area contributed by atoms with Crippen LogP contribution in [0.2, 0.25) is 0 Å². The SMILES string of the molecule is COc1ccc(C(CC(=O)O)Cc2cc(SCCc3ccc4c(n3)NCCC4)n(C)n2)cn1. The minimum Gasteiger partial charge on any atom is -0.481 e. The van der Waals surface area contributed by atoms with Crippen LogP contribution in [0.3, 0.4) is 0 Å². The fourth-order valence-corrected chi connectivity index (χ4v) is 5.00. The molecule has 1 aliphatic heterocycles. The Morgan fingerprint density at radius 1 is 1.30 bits per heavy atom. The standard InChI is InChI=1S/C24H29N5O3S/c1-29-22(33-11-9-19-7-5-16-4-3-10-25-24(16)27-19)14-20(28-29)12-18(13-23(30)31)17-6-8-21(32-2)26-15-17/h5-8,14-15,18H,3-4,9-13H2,1-2H3,(H,25,27)(H,30,31). The van der Waals surface area contributed by atoms with Crippen molar-refractivity contribution in [3.63, 3.8) is 0 Å². The van der Waals surface area contributed by atoms with Crippen molar-refractivity contribution in [3.05, 3.63) is 59.0 Å². The topological polar surface area (TPSA) is 102 Å². The van der Waals surface area contributed by atoms with Crippen molar-refractivity contribution >= 4 is 23.5 Å². The molecule has 0 aliphatic carbocycles. The molecule has 2 N–H and O–H groups in total. The summed E-state index contributed by atoms with van der Waals surface area (Å²) < 4.78 is 6.98. The molecule has 8 nitrogen and oxygen atoms in total. The Morgan fingerprint density at radius 2 is 2.18 bits per heavy atom. The van der Waals surface area contributed by atoms with Gasteiger partial charge in [-0.3, -0.25) is 9.48 Å². The number of nitrogens with one attached hydrogen (secondary N) is 1. The van der Waals surface area contributed by atoms with Crippen LogP contribution in [0, 0.1) is 0 Å². The first-order valence-corrected chi connectivity index (χ1v) is 12.1. The lowest BCUT2D eigenvalue weighted by Gasteiger charge is -2.17. The second-order valence-corrected chi connectivity index (χ2v) is 9.28. The van der Waals surface area contributed by atoms with E-state index in [-0.39, 0.29) is 12.3 Å². The van der Waals surface area contributed by atoms with Gasteiger partial charge < -0.3 is 15.2 Å². The van der Waals surface area contributed by atoms with Gasteiger partial charge in [-0.25, -0.2) is 9.97 Å². The van der Waals surface area contributed by atoms with Crippen molar-refractivity contribution in [3.8, 4) is 5.88 Å². The summed E-state index contributed by atoms with van der Waals surface area (Å²) in [7, 11) is 3.48. The molecule has 4 heterocycles. The van der Waals surface area contributed by atoms with Crippen LogP contribution in [0.4, 0.5) is 5.82 Å². The smallest absolute Gasteiger partial charge is 0.303 e. The maximum atomic E-state index is 11.4. The third-order valence-corrected chi connectivity index (χ3v) is 6.85. The molecule has 0 radical (unpaired) electrons. The highest BCUT2D eigenvalue weighted by Crippen LogP contribution is 2.28. The Balaban J connectivity index is 1.38. The predicted octanol–water partition coefficient (Wildman–Crippen LogP) is 3.71. The van der Waals surface area contributed by atoms with Crippen LogP contribution >= 0.6 is 11.8 Å². The normalized spacial score (nSPS) is 13.8. The Hall–Kier alpha value is -3.07. The summed E-state index contributed by atoms with van der Waals surface area (Å²) in [6.45, 7) is 0.992. The molecule has 0 amide bonds. The quantitative estimate of drug-likeness (QED) is 0.435. The highest BCUT2D eigenvalue weighted by atomic mass is 32.2. The van der Waals surface area contributed by atoms with Crippen molar-refractivity contribution in [2.24, 2.45) is 7.05 Å². The van der Waals surface area contributed by atoms with Gasteiger partial charge in [0, 0.05) is 43.2 Å². The number of aliphatic carboxylic acids is 1. The van der Waals surface area contributed by atoms with E-state index in [1.807, 2.05) is 17.8 Å². The van der Waals surface area contributed by atoms with Gasteiger partial charge in [0.15, 0.2) is 0 Å². The highest BCUT2D eigenvalue weighted by molar-refractivity contribution is 7.99. The van der Waals surface area contributed by atoms with E-state index in [0.717, 1.165) is 59.4 Å². The molecule has 1 aliphatic rings. The van der Waals surface area contributed by atoms with Crippen LogP contribution in [-0.4, -0.2) is 50.2 Å². The Labute approximate surface area is 197 Å². The third-order valence-electron chi connectivity index (χ3n) is 5.76. The molecule has 1 atom stereocenters. The third kappa shape index (κ3) is 6.04. The van der Waals surface area contributed by atoms with Crippen molar-refractivity contribution in [2.45, 2.75) is 43.0 Å². The summed E-state index contributed by atoms with van der Waals surface area (Å²) in [6, 6.07) is 10.00. The number of aryl methyl sites for hydroxylation is 3. The van der Waals surface area contributed by atoms with E-state index in [0.29, 0.717) is 12.3 Å². The molecule has 0 bridgehead atoms. The number of rotatable bonds is 10. The second-order valence-electron chi connectivity index (χ2n) is 8.17. The summed E-state index contributed by atoms with van der Waals surface area (Å²) in [4.78, 5) is 20.4. The van der Waals surface area contributed by atoms with Gasteiger partial charge in [0.1, 0.15) is 5.82 Å². The van der Waals surface area contributed by atoms with Gasteiger partial charge >= 0.3 is 5.97 Å². The number of pyridine rings is 2. The van der Waals surface area contributed by atoms with Gasteiger partial charge in [0.2, 0.25) is 5.88 Å². The zero-order valence-electron chi connectivity index (χ0n) is 19.0. The zero-order chi connectivity index (χ0) is 23.2. The molecule has 0 spiro atoms. The lowest BCUT2D eigenvalue weighted by molar-refractivity contribution is -0.137. The first-order valence-electron chi connectivity index (χ1n) is 11.1. The highest BCUT2D eigenvalue weighted by Gasteiger charge is 2.19. The molecule has 33 heavy (non-hydrogen) atoms. The average molecular weight is 468 g/mol. The summed E-state index contributed by atoms with van der Waals surface area (Å²) in [5.74, 6) is 1.39. The fourth-order valence-electron chi connectivity index (χ4n) is 4.03. The number of fused-ring (bicyclic) bond motifs is 1. The number of hydrogen-bond donors (Lipinski definition) is 2. The second kappa shape index (κ2) is 10.7. The van der Waals surface area contributed by atoms with Crippen LogP contribution in [-0.2, 0) is 31.1 Å². The van der Waals surface area contributed by atoms with Crippen molar-refractivity contribution in [1.29, 1.82) is 0 Å². The minimum absolute atomic E-state index is 0.0189. The molecule has 0 fully saturated rings. The van der Waals surface area contributed by atoms with Crippen LogP contribution in [0.1, 0.15) is 41.3 Å². The number of methoxy groups -OCH3 is 1. The van der Waals surface area contributed by atoms with Gasteiger partial charge in [-0.2, -0.15) is 5.10 Å². The van der Waals surface area contributed by atoms with Crippen LogP contribution < -0.4 is 10.1 Å². The first kappa shape index (κ1) is 23.1. The van der Waals surface area contributed by atoms with E-state index in [2.05, 4.69) is 33.6 Å². The number of aromatic nitrogens is 4. The van der Waals surface area contributed by atoms with Crippen molar-refractivity contribution in [2.75, 3.05) is 24.7 Å². The number of anilines is 1. The lowest BCUT2D eigenvalue weighted by atomic mass is 9.92. The van der Waals surface area contributed by atoms with Crippen LogP contribution in [0.5, 0.6) is 5.88 Å². The monoisotopic (exact) mass is 467 g/mol. The Kier molecular flexibility index (Phi) is 7.49. The molecule has 9 heteroatoms. The molecule has 0 saturated carbocycles. The molecule has 0 aromatic carbocycles. The van der Waals surface area contributed by atoms with E-state index in [1.165, 1.54) is 5.56 Å². The number of ether oxygens (including phenoxy) is 1. The summed E-state index contributed by atoms with van der Waals surface area (Å²) in [5.41, 5.74) is 4.13. The molecule has 3 aromatic heterocycles. The number of nitrogens with zero attached hydrogens (tertiary/aromatic N) is 4. The summed E-state index contributed by atoms with van der Waals surface area (Å²) in [6.07, 6.45) is 5.37. The Morgan fingerprint density at radius 3 is 2.94 bits per heavy atom. The van der Waals surface area contributed by atoms with Crippen LogP contribution in [0.25, 0.3) is 0 Å². The van der Waals surface area contributed by atoms with Gasteiger partial charge in [-0.05, 0) is 48.9 Å². The lowest BCUT2D eigenvalue weighted by Crippen LogP contribution is -2.14. The van der Waals surface area contributed by atoms with Crippen LogP contribution in [0.15, 0.2) is 41.6 Å². The van der Waals surface area contributed by atoms with Gasteiger partial charge in [0.05, 0.1) is 24.3 Å². The number of carboxylic acids is 1. The summed E-state index contributed by atoms with van der Waals surface area (Å²) >= 11 is 1.74. The maximum absolute atomic E-state index is 11.4. The average Bonchev–Trinajstić information content (AvgIpc) is 3.17. The van der Waals surface area contributed by atoms with E-state index in [4.69, 9.17) is 9.72 Å². The number of carboxylic acid groups (broad SMARTS) is 1. The zero-order valence-corrected chi connectivity index (χ0v) is 19.8. The first-order chi connectivity index (χ1) is 16.0. The van der Waals surface area contributed by atoms with E-state index in [1.54, 1.807) is 31.1 Å². The molecule has 174 valence electrons. The largest absolute Gasteiger partial charge is 0.481 e. The van der Waals surface area contributed by atoms with Gasteiger partial charge in [-0.1, -0.05) is 12.1 Å². The van der Waals surface area contributed by atoms with Gasteiger partial charge in [0.25, 0.3) is 0 Å². The minimum atomic E-state index is -0.839. The van der Waals surface area contributed by atoms with Crippen molar-refractivity contribution < 1.29 is 14.6 Å². The van der Waals surface area contributed by atoms with Crippen molar-refractivity contribution in [1.82, 2.24) is 19.7 Å². The van der Waals surface area contributed by atoms with E-state index in [9.17, 15) is 9.90 Å². The Bertz CT molecular complexity index is 1100. The van der Waals surface area contributed by atoms with E-state index >= 15 is 0 Å². The maximum Gasteiger partial charge on any atom is 0.303 e. The molecular formula is C24H29N5O3S. The molecular weight excluding hydrogens is 438 g/mol. The number of thioether (sulfide) groups is 1. The predicted molar refractivity (Wildman–Crippen MR) is 128 cm³/mol. The number of carbonyl (C=O) groups is 1. The molecule has 4 rings (SSSR count). The summed E-state index contributed by atoms with van der Waals surface area (Å²) in [5, 5.41) is 18.5. The molecule has 1 unspecified atom stereocenters. The van der Waals surface area contributed by atoms with Gasteiger partial charge in [-0.15, -0.1) is 11.8 Å².